The fourth-order valence-corrected chi connectivity index (χ4v) is 3.41. The second kappa shape index (κ2) is 10.4. The molecule has 0 aromatic carbocycles. The van der Waals surface area contributed by atoms with E-state index in [1.165, 1.54) is 0 Å². The third kappa shape index (κ3) is 6.40. The first-order valence-corrected chi connectivity index (χ1v) is 8.44. The zero-order valence-corrected chi connectivity index (χ0v) is 13.6. The highest BCUT2D eigenvalue weighted by Crippen LogP contribution is 2.15. The maximum absolute atomic E-state index is 11.1. The summed E-state index contributed by atoms with van der Waals surface area (Å²) in [5, 5.41) is 18.2. The molecule has 0 radical (unpaired) electrons. The summed E-state index contributed by atoms with van der Waals surface area (Å²) in [7, 11) is 2.11. The standard InChI is InChI=1S/C12H26O7Si/c1-10(12(15)11(14)8-13)9-19-6-5-7-20(16-2,17-3)18-4/h10,12-13,15H,5-9H2,1-4H3. The summed E-state index contributed by atoms with van der Waals surface area (Å²) in [5.74, 6) is -0.949. The number of ketones is 1. The normalized spacial score (nSPS) is 15.1. The smallest absolute Gasteiger partial charge is 0.388 e. The molecule has 0 spiro atoms. The van der Waals surface area contributed by atoms with Gasteiger partial charge in [-0.3, -0.25) is 4.79 Å². The first-order valence-electron chi connectivity index (χ1n) is 6.51. The Morgan fingerprint density at radius 1 is 1.20 bits per heavy atom. The largest absolute Gasteiger partial charge is 0.500 e. The molecule has 120 valence electrons. The van der Waals surface area contributed by atoms with Crippen molar-refractivity contribution >= 4 is 14.6 Å². The quantitative estimate of drug-likeness (QED) is 0.382. The molecule has 0 heterocycles. The molecule has 0 fully saturated rings. The van der Waals surface area contributed by atoms with E-state index in [2.05, 4.69) is 0 Å². The summed E-state index contributed by atoms with van der Waals surface area (Å²) in [4.78, 5) is 11.1. The Balaban J connectivity index is 3.89. The molecule has 20 heavy (non-hydrogen) atoms. The number of hydrogen-bond donors (Lipinski definition) is 2. The van der Waals surface area contributed by atoms with Gasteiger partial charge in [-0.25, -0.2) is 0 Å². The molecule has 0 rings (SSSR count). The van der Waals surface area contributed by atoms with E-state index in [-0.39, 0.29) is 12.5 Å². The van der Waals surface area contributed by atoms with E-state index >= 15 is 0 Å². The van der Waals surface area contributed by atoms with Crippen molar-refractivity contribution in [2.24, 2.45) is 5.92 Å². The van der Waals surface area contributed by atoms with Crippen molar-refractivity contribution in [3.8, 4) is 0 Å². The van der Waals surface area contributed by atoms with Crippen LogP contribution >= 0.6 is 0 Å². The zero-order valence-electron chi connectivity index (χ0n) is 12.6. The highest BCUT2D eigenvalue weighted by atomic mass is 28.4. The Bertz CT molecular complexity index is 262. The molecule has 0 saturated heterocycles. The minimum absolute atomic E-state index is 0.244. The number of aliphatic hydroxyl groups is 2. The van der Waals surface area contributed by atoms with Crippen LogP contribution in [0.4, 0.5) is 0 Å². The number of rotatable bonds is 12. The van der Waals surface area contributed by atoms with E-state index < -0.39 is 27.3 Å². The average molecular weight is 310 g/mol. The summed E-state index contributed by atoms with van der Waals surface area (Å²) >= 11 is 0. The lowest BCUT2D eigenvalue weighted by Crippen LogP contribution is -2.42. The number of ether oxygens (including phenoxy) is 1. The van der Waals surface area contributed by atoms with Crippen molar-refractivity contribution < 1.29 is 33.0 Å². The Morgan fingerprint density at radius 2 is 1.75 bits per heavy atom. The summed E-state index contributed by atoms with van der Waals surface area (Å²) in [5.41, 5.74) is 0. The Morgan fingerprint density at radius 3 is 2.20 bits per heavy atom. The first kappa shape index (κ1) is 19.6. The predicted octanol–water partition coefficient (Wildman–Crippen LogP) is -0.170. The lowest BCUT2D eigenvalue weighted by Gasteiger charge is -2.24. The average Bonchev–Trinajstić information content (AvgIpc) is 2.49. The van der Waals surface area contributed by atoms with Crippen LogP contribution in [0, 0.1) is 5.92 Å². The Hall–Kier alpha value is -0.353. The SMILES string of the molecule is CO[Si](CCCOCC(C)C(O)C(=O)CO)(OC)OC. The second-order valence-electron chi connectivity index (χ2n) is 4.52. The minimum Gasteiger partial charge on any atom is -0.388 e. The Kier molecular flexibility index (Phi) is 10.2. The number of carbonyl (C=O) groups is 1. The van der Waals surface area contributed by atoms with Crippen LogP contribution < -0.4 is 0 Å². The van der Waals surface area contributed by atoms with Gasteiger partial charge in [0, 0.05) is 39.9 Å². The molecule has 0 amide bonds. The monoisotopic (exact) mass is 310 g/mol. The lowest BCUT2D eigenvalue weighted by atomic mass is 10.0. The fraction of sp³-hybridized carbons (Fsp3) is 0.917. The van der Waals surface area contributed by atoms with E-state index in [1.807, 2.05) is 0 Å². The van der Waals surface area contributed by atoms with E-state index in [4.69, 9.17) is 23.1 Å². The molecule has 2 atom stereocenters. The van der Waals surface area contributed by atoms with Crippen LogP contribution in [0.5, 0.6) is 0 Å². The van der Waals surface area contributed by atoms with Gasteiger partial charge in [-0.2, -0.15) is 0 Å². The lowest BCUT2D eigenvalue weighted by molar-refractivity contribution is -0.133. The van der Waals surface area contributed by atoms with Crippen LogP contribution in [0.3, 0.4) is 0 Å². The highest BCUT2D eigenvalue weighted by molar-refractivity contribution is 6.60. The molecule has 0 aromatic heterocycles. The molecule has 0 bridgehead atoms. The van der Waals surface area contributed by atoms with Crippen molar-refractivity contribution in [2.45, 2.75) is 25.5 Å². The van der Waals surface area contributed by atoms with E-state index in [9.17, 15) is 9.90 Å². The van der Waals surface area contributed by atoms with Crippen LogP contribution in [0.1, 0.15) is 13.3 Å². The first-order chi connectivity index (χ1) is 9.46. The van der Waals surface area contributed by atoms with Crippen LogP contribution in [0.2, 0.25) is 6.04 Å². The summed E-state index contributed by atoms with van der Waals surface area (Å²) < 4.78 is 21.2. The molecule has 8 heteroatoms. The number of aliphatic hydroxyl groups excluding tert-OH is 2. The van der Waals surface area contributed by atoms with Gasteiger partial charge in [-0.1, -0.05) is 6.92 Å². The third-order valence-corrected chi connectivity index (χ3v) is 5.94. The molecule has 0 aromatic rings. The number of hydrogen-bond acceptors (Lipinski definition) is 7. The molecule has 0 saturated carbocycles. The van der Waals surface area contributed by atoms with Crippen molar-refractivity contribution in [3.63, 3.8) is 0 Å². The van der Waals surface area contributed by atoms with Crippen molar-refractivity contribution in [3.05, 3.63) is 0 Å². The van der Waals surface area contributed by atoms with Gasteiger partial charge in [0.15, 0.2) is 5.78 Å². The van der Waals surface area contributed by atoms with Gasteiger partial charge in [-0.05, 0) is 6.42 Å². The van der Waals surface area contributed by atoms with Crippen LogP contribution in [0.15, 0.2) is 0 Å². The zero-order chi connectivity index (χ0) is 15.6. The van der Waals surface area contributed by atoms with Gasteiger partial charge >= 0.3 is 8.80 Å². The molecule has 0 aliphatic heterocycles. The molecular formula is C12H26O7Si. The van der Waals surface area contributed by atoms with E-state index in [0.29, 0.717) is 19.1 Å². The predicted molar refractivity (Wildman–Crippen MR) is 74.3 cm³/mol. The van der Waals surface area contributed by atoms with Crippen LogP contribution in [-0.4, -0.2) is 72.1 Å². The van der Waals surface area contributed by atoms with Crippen molar-refractivity contribution in [1.82, 2.24) is 0 Å². The van der Waals surface area contributed by atoms with E-state index in [1.54, 1.807) is 28.3 Å². The van der Waals surface area contributed by atoms with Gasteiger partial charge in [0.2, 0.25) is 0 Å². The molecule has 2 N–H and O–H groups in total. The minimum atomic E-state index is -2.56. The van der Waals surface area contributed by atoms with Gasteiger partial charge in [0.1, 0.15) is 12.7 Å². The molecule has 2 unspecified atom stereocenters. The maximum atomic E-state index is 11.1. The Labute approximate surface area is 121 Å². The topological polar surface area (TPSA) is 94.5 Å². The molecule has 0 aliphatic carbocycles. The van der Waals surface area contributed by atoms with Gasteiger partial charge in [-0.15, -0.1) is 0 Å². The second-order valence-corrected chi connectivity index (χ2v) is 7.61. The third-order valence-electron chi connectivity index (χ3n) is 3.11. The highest BCUT2D eigenvalue weighted by Gasteiger charge is 2.36. The fourth-order valence-electron chi connectivity index (χ4n) is 1.72. The van der Waals surface area contributed by atoms with Crippen LogP contribution in [-0.2, 0) is 22.8 Å². The number of Topliss-reactive ketones (excluding diaryl/α,β-unsaturated/α-hetero) is 1. The van der Waals surface area contributed by atoms with Gasteiger partial charge in [0.05, 0.1) is 6.61 Å². The van der Waals surface area contributed by atoms with Crippen molar-refractivity contribution in [1.29, 1.82) is 0 Å². The maximum Gasteiger partial charge on any atom is 0.500 e. The molecular weight excluding hydrogens is 284 g/mol. The van der Waals surface area contributed by atoms with Gasteiger partial charge in [0.25, 0.3) is 0 Å². The summed E-state index contributed by atoms with van der Waals surface area (Å²) in [6.07, 6.45) is -0.496. The van der Waals surface area contributed by atoms with Gasteiger partial charge < -0.3 is 28.2 Å². The molecule has 0 aliphatic rings. The van der Waals surface area contributed by atoms with Crippen LogP contribution in [0.25, 0.3) is 0 Å². The molecule has 7 nitrogen and oxygen atoms in total. The van der Waals surface area contributed by atoms with E-state index in [0.717, 1.165) is 0 Å². The number of carbonyl (C=O) groups excluding carboxylic acids is 1. The summed E-state index contributed by atoms with van der Waals surface area (Å²) in [6.45, 7) is 1.73. The van der Waals surface area contributed by atoms with Crippen molar-refractivity contribution in [2.75, 3.05) is 41.2 Å². The summed E-state index contributed by atoms with van der Waals surface area (Å²) in [6, 6.07) is 0.628.